The van der Waals surface area contributed by atoms with Crippen LogP contribution in [-0.4, -0.2) is 9.97 Å². The molecule has 3 nitrogen and oxygen atoms in total. The topological polar surface area (TPSA) is 37.8 Å². The van der Waals surface area contributed by atoms with Crippen LogP contribution in [0, 0.1) is 0 Å². The molecule has 0 spiro atoms. The summed E-state index contributed by atoms with van der Waals surface area (Å²) in [5.74, 6) is 0.643. The zero-order valence-electron chi connectivity index (χ0n) is 7.58. The lowest BCUT2D eigenvalue weighted by atomic mass is 10.3. The Morgan fingerprint density at radius 3 is 2.87 bits per heavy atom. The lowest BCUT2D eigenvalue weighted by Crippen LogP contribution is -2.01. The molecule has 0 fully saturated rings. The van der Waals surface area contributed by atoms with Crippen LogP contribution in [0.25, 0.3) is 0 Å². The number of aromatic nitrogens is 2. The largest absolute Gasteiger partial charge is 0.365 e. The first-order valence-corrected chi connectivity index (χ1v) is 5.82. The SMILES string of the molecule is Clc1cncc(NCc2ccsc2Cl)n1. The highest BCUT2D eigenvalue weighted by atomic mass is 35.5. The van der Waals surface area contributed by atoms with Gasteiger partial charge in [-0.25, -0.2) is 4.98 Å². The van der Waals surface area contributed by atoms with Crippen LogP contribution in [0.5, 0.6) is 0 Å². The van der Waals surface area contributed by atoms with E-state index in [1.54, 1.807) is 6.20 Å². The fourth-order valence-corrected chi connectivity index (χ4v) is 2.13. The Kier molecular flexibility index (Phi) is 3.41. The summed E-state index contributed by atoms with van der Waals surface area (Å²) >= 11 is 13.2. The molecule has 1 N–H and O–H groups in total. The highest BCUT2D eigenvalue weighted by molar-refractivity contribution is 7.14. The summed E-state index contributed by atoms with van der Waals surface area (Å²) in [6.45, 7) is 0.622. The van der Waals surface area contributed by atoms with Crippen molar-refractivity contribution in [3.8, 4) is 0 Å². The van der Waals surface area contributed by atoms with Crippen LogP contribution in [0.4, 0.5) is 5.82 Å². The Bertz CT molecular complexity index is 458. The summed E-state index contributed by atoms with van der Waals surface area (Å²) in [7, 11) is 0. The summed E-state index contributed by atoms with van der Waals surface area (Å²) in [5.41, 5.74) is 1.04. The molecule has 0 atom stereocenters. The molecule has 0 saturated carbocycles. The molecule has 2 aromatic rings. The number of hydrogen-bond acceptors (Lipinski definition) is 4. The lowest BCUT2D eigenvalue weighted by Gasteiger charge is -2.03. The fraction of sp³-hybridized carbons (Fsp3) is 0.111. The molecule has 0 unspecified atom stereocenters. The zero-order chi connectivity index (χ0) is 10.7. The van der Waals surface area contributed by atoms with Crippen LogP contribution in [0.15, 0.2) is 23.8 Å². The molecule has 15 heavy (non-hydrogen) atoms. The molecular formula is C9H7Cl2N3S. The minimum absolute atomic E-state index is 0.372. The number of halogens is 2. The van der Waals surface area contributed by atoms with Crippen molar-refractivity contribution in [2.45, 2.75) is 6.54 Å². The van der Waals surface area contributed by atoms with Gasteiger partial charge in [0.05, 0.1) is 16.7 Å². The molecule has 2 rings (SSSR count). The van der Waals surface area contributed by atoms with E-state index >= 15 is 0 Å². The lowest BCUT2D eigenvalue weighted by molar-refractivity contribution is 1.09. The van der Waals surface area contributed by atoms with Crippen LogP contribution in [0.1, 0.15) is 5.56 Å². The van der Waals surface area contributed by atoms with E-state index in [4.69, 9.17) is 23.2 Å². The van der Waals surface area contributed by atoms with E-state index in [1.807, 2.05) is 11.4 Å². The molecule has 0 aliphatic heterocycles. The Hall–Kier alpha value is -0.840. The predicted octanol–water partition coefficient (Wildman–Crippen LogP) is 3.46. The predicted molar refractivity (Wildman–Crippen MR) is 63.7 cm³/mol. The molecule has 78 valence electrons. The van der Waals surface area contributed by atoms with Gasteiger partial charge in [0.1, 0.15) is 11.0 Å². The molecule has 2 aromatic heterocycles. The highest BCUT2D eigenvalue weighted by Gasteiger charge is 2.01. The van der Waals surface area contributed by atoms with Crippen LogP contribution in [0.3, 0.4) is 0 Å². The fourth-order valence-electron chi connectivity index (χ4n) is 1.06. The third kappa shape index (κ3) is 2.81. The van der Waals surface area contributed by atoms with E-state index in [0.717, 1.165) is 9.90 Å². The second-order valence-corrected chi connectivity index (χ2v) is 4.71. The van der Waals surface area contributed by atoms with Gasteiger partial charge >= 0.3 is 0 Å². The van der Waals surface area contributed by atoms with Gasteiger partial charge in [-0.05, 0) is 11.4 Å². The van der Waals surface area contributed by atoms with Crippen molar-refractivity contribution < 1.29 is 0 Å². The second kappa shape index (κ2) is 4.79. The van der Waals surface area contributed by atoms with Gasteiger partial charge in [0.25, 0.3) is 0 Å². The molecular weight excluding hydrogens is 253 g/mol. The van der Waals surface area contributed by atoms with Crippen molar-refractivity contribution in [3.63, 3.8) is 0 Å². The maximum atomic E-state index is 5.95. The normalized spacial score (nSPS) is 10.3. The van der Waals surface area contributed by atoms with Gasteiger partial charge in [-0.2, -0.15) is 0 Å². The van der Waals surface area contributed by atoms with E-state index < -0.39 is 0 Å². The van der Waals surface area contributed by atoms with Gasteiger partial charge < -0.3 is 5.32 Å². The third-order valence-electron chi connectivity index (χ3n) is 1.76. The van der Waals surface area contributed by atoms with Crippen molar-refractivity contribution in [1.82, 2.24) is 9.97 Å². The van der Waals surface area contributed by atoms with E-state index in [2.05, 4.69) is 15.3 Å². The summed E-state index contributed by atoms with van der Waals surface area (Å²) in [6.07, 6.45) is 3.11. The highest BCUT2D eigenvalue weighted by Crippen LogP contribution is 2.23. The van der Waals surface area contributed by atoms with Gasteiger partial charge in [0, 0.05) is 12.1 Å². The summed E-state index contributed by atoms with van der Waals surface area (Å²) in [5, 5.41) is 5.41. The number of thiophene rings is 1. The molecule has 2 heterocycles. The molecule has 0 aliphatic rings. The maximum absolute atomic E-state index is 5.95. The van der Waals surface area contributed by atoms with Crippen molar-refractivity contribution in [2.75, 3.05) is 5.32 Å². The van der Waals surface area contributed by atoms with Gasteiger partial charge in [0.15, 0.2) is 0 Å². The molecule has 0 aliphatic carbocycles. The first kappa shape index (κ1) is 10.7. The Labute approximate surface area is 101 Å². The van der Waals surface area contributed by atoms with E-state index in [1.165, 1.54) is 17.5 Å². The number of anilines is 1. The smallest absolute Gasteiger partial charge is 0.149 e. The quantitative estimate of drug-likeness (QED) is 0.918. The standard InChI is InChI=1S/C9H7Cl2N3S/c10-7-4-12-5-8(14-7)13-3-6-1-2-15-9(6)11/h1-2,4-5H,3H2,(H,13,14). The third-order valence-corrected chi connectivity index (χ3v) is 3.19. The van der Waals surface area contributed by atoms with Gasteiger partial charge in [0.2, 0.25) is 0 Å². The van der Waals surface area contributed by atoms with Crippen molar-refractivity contribution in [2.24, 2.45) is 0 Å². The average Bonchev–Trinajstić information content (AvgIpc) is 2.61. The maximum Gasteiger partial charge on any atom is 0.149 e. The Morgan fingerprint density at radius 2 is 2.20 bits per heavy atom. The first-order chi connectivity index (χ1) is 7.25. The van der Waals surface area contributed by atoms with Gasteiger partial charge in [-0.1, -0.05) is 23.2 Å². The molecule has 0 bridgehead atoms. The van der Waals surface area contributed by atoms with Crippen molar-refractivity contribution >= 4 is 40.4 Å². The number of rotatable bonds is 3. The van der Waals surface area contributed by atoms with Crippen molar-refractivity contribution in [3.05, 3.63) is 38.9 Å². The number of nitrogens with one attached hydrogen (secondary N) is 1. The van der Waals surface area contributed by atoms with Crippen molar-refractivity contribution in [1.29, 1.82) is 0 Å². The number of nitrogens with zero attached hydrogens (tertiary/aromatic N) is 2. The summed E-state index contributed by atoms with van der Waals surface area (Å²) in [4.78, 5) is 7.97. The molecule has 6 heteroatoms. The van der Waals surface area contributed by atoms with Crippen LogP contribution in [-0.2, 0) is 6.54 Å². The molecule has 0 amide bonds. The van der Waals surface area contributed by atoms with E-state index in [0.29, 0.717) is 17.5 Å². The second-order valence-electron chi connectivity index (χ2n) is 2.80. The Morgan fingerprint density at radius 1 is 1.33 bits per heavy atom. The molecule has 0 saturated heterocycles. The van der Waals surface area contributed by atoms with E-state index in [9.17, 15) is 0 Å². The van der Waals surface area contributed by atoms with Crippen LogP contribution < -0.4 is 5.32 Å². The summed E-state index contributed by atoms with van der Waals surface area (Å²) in [6, 6.07) is 1.97. The summed E-state index contributed by atoms with van der Waals surface area (Å²) < 4.78 is 0.789. The monoisotopic (exact) mass is 259 g/mol. The average molecular weight is 260 g/mol. The molecule has 0 radical (unpaired) electrons. The minimum Gasteiger partial charge on any atom is -0.365 e. The first-order valence-electron chi connectivity index (χ1n) is 4.19. The zero-order valence-corrected chi connectivity index (χ0v) is 9.90. The minimum atomic E-state index is 0.372. The van der Waals surface area contributed by atoms with Crippen LogP contribution in [0.2, 0.25) is 9.49 Å². The van der Waals surface area contributed by atoms with Gasteiger partial charge in [-0.15, -0.1) is 11.3 Å². The Balaban J connectivity index is 2.02. The van der Waals surface area contributed by atoms with Crippen LogP contribution >= 0.6 is 34.5 Å². The molecule has 0 aromatic carbocycles. The number of hydrogen-bond donors (Lipinski definition) is 1. The van der Waals surface area contributed by atoms with E-state index in [-0.39, 0.29) is 0 Å². The van der Waals surface area contributed by atoms with Gasteiger partial charge in [-0.3, -0.25) is 4.98 Å².